The van der Waals surface area contributed by atoms with E-state index in [2.05, 4.69) is 24.5 Å². The summed E-state index contributed by atoms with van der Waals surface area (Å²) in [7, 11) is 1.39. The van der Waals surface area contributed by atoms with Crippen LogP contribution in [0.1, 0.15) is 40.0 Å². The Bertz CT molecular complexity index is 282. The number of hydrogen-bond acceptors (Lipinski definition) is 3. The van der Waals surface area contributed by atoms with Gasteiger partial charge in [0.05, 0.1) is 6.61 Å². The Kier molecular flexibility index (Phi) is 8.95. The molecule has 2 atom stereocenters. The van der Waals surface area contributed by atoms with Gasteiger partial charge in [0.25, 0.3) is 0 Å². The summed E-state index contributed by atoms with van der Waals surface area (Å²) in [6, 6.07) is -1.47. The van der Waals surface area contributed by atoms with Gasteiger partial charge in [0.2, 0.25) is 0 Å². The van der Waals surface area contributed by atoms with Gasteiger partial charge in [-0.2, -0.15) is 0 Å². The third-order valence-electron chi connectivity index (χ3n) is 2.73. The van der Waals surface area contributed by atoms with E-state index in [1.54, 1.807) is 0 Å². The predicted molar refractivity (Wildman–Crippen MR) is 73.1 cm³/mol. The molecule has 112 valence electrons. The molecule has 0 fully saturated rings. The van der Waals surface area contributed by atoms with E-state index in [1.807, 2.05) is 6.92 Å². The number of amides is 2. The molecule has 0 aromatic heterocycles. The minimum atomic E-state index is -1.11. The fraction of sp³-hybridized carbons (Fsp3) is 0.846. The normalized spacial score (nSPS) is 13.9. The molecule has 0 saturated heterocycles. The molecule has 2 amide bonds. The van der Waals surface area contributed by atoms with Crippen LogP contribution in [-0.2, 0) is 9.53 Å². The number of carbonyl (C=O) groups is 2. The molecule has 0 heterocycles. The molecular formula is C13H26N2O4. The molecule has 6 nitrogen and oxygen atoms in total. The molecule has 0 aliphatic carbocycles. The number of urea groups is 1. The van der Waals surface area contributed by atoms with Crippen LogP contribution in [0.3, 0.4) is 0 Å². The van der Waals surface area contributed by atoms with Gasteiger partial charge in [-0.25, -0.2) is 9.59 Å². The van der Waals surface area contributed by atoms with Crippen molar-refractivity contribution in [3.8, 4) is 0 Å². The lowest BCUT2D eigenvalue weighted by molar-refractivity contribution is -0.140. The first-order valence-electron chi connectivity index (χ1n) is 6.65. The molecule has 0 spiro atoms. The van der Waals surface area contributed by atoms with E-state index in [9.17, 15) is 9.59 Å². The lowest BCUT2D eigenvalue weighted by Gasteiger charge is -2.18. The standard InChI is InChI=1S/C13H26N2O4/c1-9(2)6-5-7-10(3)14-13(18)15-11(8-19-4)12(16)17/h9-11H,5-8H2,1-4H3,(H,16,17)(H2,14,15,18). The highest BCUT2D eigenvalue weighted by molar-refractivity contribution is 5.82. The van der Waals surface area contributed by atoms with Gasteiger partial charge in [-0.1, -0.05) is 26.7 Å². The van der Waals surface area contributed by atoms with Crippen molar-refractivity contribution >= 4 is 12.0 Å². The summed E-state index contributed by atoms with van der Waals surface area (Å²) in [5.41, 5.74) is 0. The number of rotatable bonds is 9. The van der Waals surface area contributed by atoms with Crippen molar-refractivity contribution in [1.29, 1.82) is 0 Å². The molecule has 0 aromatic rings. The summed E-state index contributed by atoms with van der Waals surface area (Å²) < 4.78 is 4.74. The number of methoxy groups -OCH3 is 1. The average molecular weight is 274 g/mol. The van der Waals surface area contributed by atoms with Crippen LogP contribution in [0.15, 0.2) is 0 Å². The molecule has 0 rings (SSSR count). The summed E-state index contributed by atoms with van der Waals surface area (Å²) >= 11 is 0. The van der Waals surface area contributed by atoms with Gasteiger partial charge >= 0.3 is 12.0 Å². The largest absolute Gasteiger partial charge is 0.480 e. The van der Waals surface area contributed by atoms with Gasteiger partial charge in [-0.05, 0) is 19.3 Å². The Morgan fingerprint density at radius 1 is 1.16 bits per heavy atom. The third-order valence-corrected chi connectivity index (χ3v) is 2.73. The lowest BCUT2D eigenvalue weighted by atomic mass is 10.0. The van der Waals surface area contributed by atoms with Gasteiger partial charge < -0.3 is 20.5 Å². The van der Waals surface area contributed by atoms with E-state index < -0.39 is 18.0 Å². The predicted octanol–water partition coefficient (Wildman–Crippen LogP) is 1.60. The highest BCUT2D eigenvalue weighted by atomic mass is 16.5. The Balaban J connectivity index is 3.97. The monoisotopic (exact) mass is 274 g/mol. The van der Waals surface area contributed by atoms with Crippen molar-refractivity contribution in [2.24, 2.45) is 5.92 Å². The molecule has 0 aromatic carbocycles. The average Bonchev–Trinajstić information content (AvgIpc) is 2.27. The molecule has 3 N–H and O–H groups in total. The summed E-state index contributed by atoms with van der Waals surface area (Å²) in [6.07, 6.45) is 3.04. The molecule has 0 aliphatic heterocycles. The molecule has 2 unspecified atom stereocenters. The zero-order chi connectivity index (χ0) is 14.8. The van der Waals surface area contributed by atoms with Crippen LogP contribution in [0.2, 0.25) is 0 Å². The van der Waals surface area contributed by atoms with Gasteiger partial charge in [0.15, 0.2) is 6.04 Å². The topological polar surface area (TPSA) is 87.7 Å². The molecule has 0 saturated carbocycles. The zero-order valence-electron chi connectivity index (χ0n) is 12.2. The van der Waals surface area contributed by atoms with Gasteiger partial charge in [0.1, 0.15) is 0 Å². The van der Waals surface area contributed by atoms with E-state index in [4.69, 9.17) is 9.84 Å². The smallest absolute Gasteiger partial charge is 0.328 e. The molecule has 0 aliphatic rings. The van der Waals surface area contributed by atoms with Gasteiger partial charge in [-0.3, -0.25) is 0 Å². The van der Waals surface area contributed by atoms with E-state index in [0.717, 1.165) is 19.3 Å². The first-order chi connectivity index (χ1) is 8.86. The molecular weight excluding hydrogens is 248 g/mol. The zero-order valence-corrected chi connectivity index (χ0v) is 12.2. The second-order valence-corrected chi connectivity index (χ2v) is 5.19. The van der Waals surface area contributed by atoms with E-state index in [0.29, 0.717) is 5.92 Å². The summed E-state index contributed by atoms with van der Waals surface area (Å²) in [4.78, 5) is 22.4. The Morgan fingerprint density at radius 2 is 1.79 bits per heavy atom. The van der Waals surface area contributed by atoms with Crippen LogP contribution in [0, 0.1) is 5.92 Å². The molecule has 0 bridgehead atoms. The molecule has 0 radical (unpaired) electrons. The second kappa shape index (κ2) is 9.61. The van der Waals surface area contributed by atoms with Crippen molar-refractivity contribution in [1.82, 2.24) is 10.6 Å². The fourth-order valence-electron chi connectivity index (χ4n) is 1.67. The number of nitrogens with one attached hydrogen (secondary N) is 2. The SMILES string of the molecule is COCC(NC(=O)NC(C)CCCC(C)C)C(=O)O. The quantitative estimate of drug-likeness (QED) is 0.596. The van der Waals surface area contributed by atoms with Crippen molar-refractivity contribution < 1.29 is 19.4 Å². The third kappa shape index (κ3) is 9.30. The summed E-state index contributed by atoms with van der Waals surface area (Å²) in [5, 5.41) is 14.0. The highest BCUT2D eigenvalue weighted by Gasteiger charge is 2.20. The van der Waals surface area contributed by atoms with Crippen LogP contribution in [0.5, 0.6) is 0 Å². The Labute approximate surface area is 114 Å². The van der Waals surface area contributed by atoms with Crippen LogP contribution in [-0.4, -0.2) is 42.9 Å². The molecule has 19 heavy (non-hydrogen) atoms. The second-order valence-electron chi connectivity index (χ2n) is 5.19. The van der Waals surface area contributed by atoms with Crippen molar-refractivity contribution in [3.63, 3.8) is 0 Å². The van der Waals surface area contributed by atoms with E-state index in [1.165, 1.54) is 7.11 Å². The van der Waals surface area contributed by atoms with Gasteiger partial charge in [-0.15, -0.1) is 0 Å². The van der Waals surface area contributed by atoms with Crippen molar-refractivity contribution in [3.05, 3.63) is 0 Å². The van der Waals surface area contributed by atoms with Crippen LogP contribution in [0.4, 0.5) is 4.79 Å². The molecule has 6 heteroatoms. The number of aliphatic carboxylic acids is 1. The maximum atomic E-state index is 11.6. The maximum Gasteiger partial charge on any atom is 0.328 e. The van der Waals surface area contributed by atoms with Crippen molar-refractivity contribution in [2.75, 3.05) is 13.7 Å². The minimum absolute atomic E-state index is 0.0238. The summed E-state index contributed by atoms with van der Waals surface area (Å²) in [6.45, 7) is 6.18. The number of carbonyl (C=O) groups excluding carboxylic acids is 1. The Morgan fingerprint density at radius 3 is 2.26 bits per heavy atom. The van der Waals surface area contributed by atoms with Crippen LogP contribution < -0.4 is 10.6 Å². The first-order valence-corrected chi connectivity index (χ1v) is 6.65. The minimum Gasteiger partial charge on any atom is -0.480 e. The fourth-order valence-corrected chi connectivity index (χ4v) is 1.67. The van der Waals surface area contributed by atoms with E-state index in [-0.39, 0.29) is 12.6 Å². The van der Waals surface area contributed by atoms with E-state index >= 15 is 0 Å². The first kappa shape index (κ1) is 17.7. The number of carboxylic acid groups (broad SMARTS) is 1. The lowest BCUT2D eigenvalue weighted by Crippen LogP contribution is -2.50. The highest BCUT2D eigenvalue weighted by Crippen LogP contribution is 2.08. The van der Waals surface area contributed by atoms with Crippen LogP contribution >= 0.6 is 0 Å². The maximum absolute atomic E-state index is 11.6. The van der Waals surface area contributed by atoms with Crippen molar-refractivity contribution in [2.45, 2.75) is 52.1 Å². The summed E-state index contributed by atoms with van der Waals surface area (Å²) in [5.74, 6) is -0.455. The van der Waals surface area contributed by atoms with Gasteiger partial charge in [0, 0.05) is 13.2 Å². The number of ether oxygens (including phenoxy) is 1. The van der Waals surface area contributed by atoms with Crippen LogP contribution in [0.25, 0.3) is 0 Å². The number of hydrogen-bond donors (Lipinski definition) is 3. The number of carboxylic acids is 1. The Hall–Kier alpha value is -1.30.